The van der Waals surface area contributed by atoms with Crippen LogP contribution in [0.2, 0.25) is 0 Å². The van der Waals surface area contributed by atoms with Crippen molar-refractivity contribution < 1.29 is 14.7 Å². The number of anilines is 1. The second-order valence-corrected chi connectivity index (χ2v) is 2.61. The maximum Gasteiger partial charge on any atom is 0.335 e. The average Bonchev–Trinajstić information content (AvgIpc) is 2.18. The van der Waals surface area contributed by atoms with E-state index in [1.165, 1.54) is 24.3 Å². The van der Waals surface area contributed by atoms with E-state index in [2.05, 4.69) is 10.5 Å². The third-order valence-electron chi connectivity index (χ3n) is 1.55. The van der Waals surface area contributed by atoms with E-state index in [-0.39, 0.29) is 5.56 Å². The molecule has 0 aliphatic carbocycles. The number of carboxylic acids is 1. The minimum atomic E-state index is -1.09. The number of carboxylic acid groups (broad SMARTS) is 1. The zero-order chi connectivity index (χ0) is 11.3. The number of hydrogen-bond donors (Lipinski definition) is 2. The Labute approximate surface area is 84.8 Å². The van der Waals surface area contributed by atoms with Crippen molar-refractivity contribution in [3.8, 4) is 0 Å². The summed E-state index contributed by atoms with van der Waals surface area (Å²) in [7, 11) is 0. The van der Waals surface area contributed by atoms with Crippen LogP contribution < -0.4 is 5.32 Å². The lowest BCUT2D eigenvalue weighted by atomic mass is 10.2. The first-order valence-electron chi connectivity index (χ1n) is 3.93. The highest BCUT2D eigenvalue weighted by Gasteiger charge is 2.04. The van der Waals surface area contributed by atoms with Crippen LogP contribution in [0.25, 0.3) is 0 Å². The van der Waals surface area contributed by atoms with E-state index >= 15 is 0 Å². The van der Waals surface area contributed by atoms with E-state index < -0.39 is 11.9 Å². The number of aromatic carboxylic acids is 1. The summed E-state index contributed by atoms with van der Waals surface area (Å²) in [6.07, 6.45) is 0.563. The Morgan fingerprint density at radius 1 is 1.47 bits per heavy atom. The molecule has 0 unspecified atom stereocenters. The second-order valence-electron chi connectivity index (χ2n) is 2.61. The molecular formula is C9H7N2O4-. The van der Waals surface area contributed by atoms with Gasteiger partial charge in [0.05, 0.1) is 11.8 Å². The SMILES string of the molecule is O=C(C=N[O-])Nc1cccc(C(=O)O)c1. The van der Waals surface area contributed by atoms with Crippen molar-refractivity contribution in [1.82, 2.24) is 0 Å². The maximum absolute atomic E-state index is 10.9. The molecule has 0 saturated heterocycles. The molecule has 0 heterocycles. The number of amides is 1. The summed E-state index contributed by atoms with van der Waals surface area (Å²) in [5.41, 5.74) is 0.340. The number of benzene rings is 1. The molecule has 1 aromatic carbocycles. The van der Waals surface area contributed by atoms with Gasteiger partial charge >= 0.3 is 5.97 Å². The Bertz CT molecular complexity index is 414. The summed E-state index contributed by atoms with van der Waals surface area (Å²) < 4.78 is 0. The standard InChI is InChI=1S/C9H8N2O4/c12-8(5-10-15)11-7-3-1-2-6(4-7)9(13)14/h1-5,15H,(H,11,12)(H,13,14)/p-1. The van der Waals surface area contributed by atoms with E-state index in [9.17, 15) is 14.8 Å². The molecule has 0 fully saturated rings. The molecule has 2 N–H and O–H groups in total. The van der Waals surface area contributed by atoms with Gasteiger partial charge in [0.1, 0.15) is 0 Å². The van der Waals surface area contributed by atoms with Gasteiger partial charge in [0, 0.05) is 5.69 Å². The fraction of sp³-hybridized carbons (Fsp3) is 0. The average molecular weight is 207 g/mol. The topological polar surface area (TPSA) is 102 Å². The van der Waals surface area contributed by atoms with Crippen molar-refractivity contribution in [2.24, 2.45) is 5.16 Å². The first-order chi connectivity index (χ1) is 7.13. The lowest BCUT2D eigenvalue weighted by molar-refractivity contribution is -0.109. The molecule has 0 spiro atoms. The summed E-state index contributed by atoms with van der Waals surface area (Å²) >= 11 is 0. The quantitative estimate of drug-likeness (QED) is 0.567. The van der Waals surface area contributed by atoms with Crippen molar-refractivity contribution in [1.29, 1.82) is 0 Å². The Morgan fingerprint density at radius 3 is 2.80 bits per heavy atom. The van der Waals surface area contributed by atoms with Gasteiger partial charge < -0.3 is 20.8 Å². The van der Waals surface area contributed by atoms with Gasteiger partial charge in [0.2, 0.25) is 0 Å². The molecule has 15 heavy (non-hydrogen) atoms. The van der Waals surface area contributed by atoms with Crippen LogP contribution in [0.1, 0.15) is 10.4 Å². The van der Waals surface area contributed by atoms with Crippen LogP contribution in [0.15, 0.2) is 29.4 Å². The second kappa shape index (κ2) is 4.75. The van der Waals surface area contributed by atoms with Crippen molar-refractivity contribution >= 4 is 23.8 Å². The Kier molecular flexibility index (Phi) is 3.39. The van der Waals surface area contributed by atoms with Crippen molar-refractivity contribution in [3.05, 3.63) is 35.0 Å². The fourth-order valence-corrected chi connectivity index (χ4v) is 0.952. The third kappa shape index (κ3) is 3.11. The summed E-state index contributed by atoms with van der Waals surface area (Å²) in [6, 6.07) is 5.65. The maximum atomic E-state index is 10.9. The van der Waals surface area contributed by atoms with E-state index in [0.29, 0.717) is 11.9 Å². The largest absolute Gasteiger partial charge is 0.792 e. The van der Waals surface area contributed by atoms with Gasteiger partial charge in [-0.2, -0.15) is 0 Å². The highest BCUT2D eigenvalue weighted by Crippen LogP contribution is 2.10. The number of rotatable bonds is 3. The van der Waals surface area contributed by atoms with Gasteiger partial charge in [-0.25, -0.2) is 4.79 Å². The predicted octanol–water partition coefficient (Wildman–Crippen LogP) is 0.892. The molecule has 0 saturated carbocycles. The lowest BCUT2D eigenvalue weighted by Crippen LogP contribution is -2.12. The number of hydrogen-bond acceptors (Lipinski definition) is 4. The molecule has 0 radical (unpaired) electrons. The van der Waals surface area contributed by atoms with Crippen LogP contribution in [0.4, 0.5) is 5.69 Å². The van der Waals surface area contributed by atoms with Crippen molar-refractivity contribution in [2.45, 2.75) is 0 Å². The van der Waals surface area contributed by atoms with Gasteiger partial charge in [-0.15, -0.1) is 0 Å². The molecule has 0 atom stereocenters. The summed E-state index contributed by atoms with van der Waals surface area (Å²) in [5.74, 6) is -1.80. The molecule has 0 aliphatic heterocycles. The summed E-state index contributed by atoms with van der Waals surface area (Å²) in [6.45, 7) is 0. The first-order valence-corrected chi connectivity index (χ1v) is 3.93. The Morgan fingerprint density at radius 2 is 2.20 bits per heavy atom. The molecule has 6 nitrogen and oxygen atoms in total. The first kappa shape index (κ1) is 10.7. The Balaban J connectivity index is 2.82. The molecule has 78 valence electrons. The minimum absolute atomic E-state index is 0.0480. The zero-order valence-electron chi connectivity index (χ0n) is 7.51. The number of nitrogens with zero attached hydrogens (tertiary/aromatic N) is 1. The van der Waals surface area contributed by atoms with Gasteiger partial charge in [0.25, 0.3) is 5.91 Å². The number of carbonyl (C=O) groups excluding carboxylic acids is 1. The van der Waals surface area contributed by atoms with Gasteiger partial charge in [0.15, 0.2) is 0 Å². The number of carbonyl (C=O) groups is 2. The van der Waals surface area contributed by atoms with Gasteiger partial charge in [-0.05, 0) is 18.2 Å². The van der Waals surface area contributed by atoms with Crippen LogP contribution in [0.5, 0.6) is 0 Å². The molecule has 0 aliphatic rings. The molecule has 0 bridgehead atoms. The fourth-order valence-electron chi connectivity index (χ4n) is 0.952. The summed E-state index contributed by atoms with van der Waals surface area (Å²) in [4.78, 5) is 21.5. The van der Waals surface area contributed by atoms with E-state index in [4.69, 9.17) is 5.11 Å². The molecule has 1 amide bonds. The summed E-state index contributed by atoms with van der Waals surface area (Å²) in [5, 5.41) is 23.0. The number of nitrogens with one attached hydrogen (secondary N) is 1. The van der Waals surface area contributed by atoms with Crippen molar-refractivity contribution in [2.75, 3.05) is 5.32 Å². The van der Waals surface area contributed by atoms with Crippen LogP contribution in [0, 0.1) is 5.21 Å². The van der Waals surface area contributed by atoms with Crippen LogP contribution in [-0.2, 0) is 4.79 Å². The van der Waals surface area contributed by atoms with Crippen LogP contribution in [0.3, 0.4) is 0 Å². The van der Waals surface area contributed by atoms with Crippen LogP contribution in [-0.4, -0.2) is 23.2 Å². The van der Waals surface area contributed by atoms with Crippen molar-refractivity contribution in [3.63, 3.8) is 0 Å². The smallest absolute Gasteiger partial charge is 0.335 e. The predicted molar refractivity (Wildman–Crippen MR) is 53.9 cm³/mol. The highest BCUT2D eigenvalue weighted by molar-refractivity contribution is 6.31. The molecule has 1 aromatic rings. The molecular weight excluding hydrogens is 200 g/mol. The highest BCUT2D eigenvalue weighted by atomic mass is 16.4. The molecule has 0 aromatic heterocycles. The monoisotopic (exact) mass is 207 g/mol. The lowest BCUT2D eigenvalue weighted by Gasteiger charge is -2.02. The van der Waals surface area contributed by atoms with Crippen LogP contribution >= 0.6 is 0 Å². The zero-order valence-corrected chi connectivity index (χ0v) is 7.51. The molecule has 1 rings (SSSR count). The van der Waals surface area contributed by atoms with E-state index in [0.717, 1.165) is 0 Å². The third-order valence-corrected chi connectivity index (χ3v) is 1.55. The van der Waals surface area contributed by atoms with E-state index in [1.807, 2.05) is 0 Å². The van der Waals surface area contributed by atoms with Gasteiger partial charge in [-0.1, -0.05) is 6.07 Å². The normalized spacial score (nSPS) is 10.1. The Hall–Kier alpha value is -2.37. The minimum Gasteiger partial charge on any atom is -0.792 e. The van der Waals surface area contributed by atoms with Gasteiger partial charge in [-0.3, -0.25) is 4.79 Å². The molecule has 6 heteroatoms. The van der Waals surface area contributed by atoms with E-state index in [1.54, 1.807) is 0 Å².